The summed E-state index contributed by atoms with van der Waals surface area (Å²) in [5, 5.41) is 0. The van der Waals surface area contributed by atoms with E-state index in [4.69, 9.17) is 4.74 Å². The van der Waals surface area contributed by atoms with Gasteiger partial charge in [-0.3, -0.25) is 9.59 Å². The Morgan fingerprint density at radius 1 is 1.23 bits per heavy atom. The molecule has 1 fully saturated rings. The van der Waals surface area contributed by atoms with Crippen LogP contribution in [0, 0.1) is 11.8 Å². The minimum atomic E-state index is -0.283. The zero-order valence-electron chi connectivity index (χ0n) is 13.4. The van der Waals surface area contributed by atoms with Crippen molar-refractivity contribution in [3.8, 4) is 0 Å². The maximum atomic E-state index is 12.8. The number of benzene rings is 1. The van der Waals surface area contributed by atoms with E-state index >= 15 is 0 Å². The molecule has 3 aliphatic rings. The maximum absolute atomic E-state index is 12.8. The summed E-state index contributed by atoms with van der Waals surface area (Å²) in [7, 11) is 0. The van der Waals surface area contributed by atoms with Gasteiger partial charge in [0.2, 0.25) is 11.6 Å². The maximum Gasteiger partial charge on any atom is 0.229 e. The molecule has 1 heterocycles. The first-order valence-corrected chi connectivity index (χ1v) is 8.28. The predicted molar refractivity (Wildman–Crippen MR) is 83.1 cm³/mol. The van der Waals surface area contributed by atoms with E-state index < -0.39 is 0 Å². The average Bonchev–Trinajstić information content (AvgIpc) is 2.86. The van der Waals surface area contributed by atoms with E-state index in [0.29, 0.717) is 12.2 Å². The molecule has 0 spiro atoms. The van der Waals surface area contributed by atoms with Crippen molar-refractivity contribution in [2.24, 2.45) is 11.8 Å². The molecule has 116 valence electrons. The van der Waals surface area contributed by atoms with Crippen molar-refractivity contribution in [1.82, 2.24) is 0 Å². The molecule has 3 atom stereocenters. The molecule has 1 saturated heterocycles. The molecule has 0 radical (unpaired) electrons. The fourth-order valence-corrected chi connectivity index (χ4v) is 4.62. The van der Waals surface area contributed by atoms with E-state index in [1.807, 2.05) is 13.0 Å². The number of ether oxygens (including phenoxy) is 1. The third kappa shape index (κ3) is 1.72. The van der Waals surface area contributed by atoms with Crippen LogP contribution in [0.4, 0.5) is 0 Å². The standard InChI is InChI=1S/C19H22O3/c1-10-9-22-18-12-6-7-13-11(5-4-8-19(13,2)3)15(12)17(21)16(20)14(10)18/h6-7,10,14,18H,4-5,8-9H2,1-3H3. The Kier molecular flexibility index (Phi) is 2.90. The Bertz CT molecular complexity index is 686. The smallest absolute Gasteiger partial charge is 0.229 e. The van der Waals surface area contributed by atoms with Crippen molar-refractivity contribution in [1.29, 1.82) is 0 Å². The lowest BCUT2D eigenvalue weighted by atomic mass is 9.67. The van der Waals surface area contributed by atoms with Gasteiger partial charge in [-0.2, -0.15) is 0 Å². The summed E-state index contributed by atoms with van der Waals surface area (Å²) in [5.41, 5.74) is 4.05. The number of carbonyl (C=O) groups is 2. The Labute approximate surface area is 131 Å². The van der Waals surface area contributed by atoms with Gasteiger partial charge < -0.3 is 4.74 Å². The van der Waals surface area contributed by atoms with Crippen LogP contribution in [0.15, 0.2) is 12.1 Å². The fourth-order valence-electron chi connectivity index (χ4n) is 4.62. The molecular formula is C19H22O3. The molecular weight excluding hydrogens is 276 g/mol. The van der Waals surface area contributed by atoms with Crippen molar-refractivity contribution in [3.05, 3.63) is 34.4 Å². The second kappa shape index (κ2) is 4.51. The third-order valence-electron chi connectivity index (χ3n) is 5.84. The van der Waals surface area contributed by atoms with E-state index in [2.05, 4.69) is 19.9 Å². The highest BCUT2D eigenvalue weighted by atomic mass is 16.5. The lowest BCUT2D eigenvalue weighted by molar-refractivity contribution is -0.121. The van der Waals surface area contributed by atoms with E-state index in [9.17, 15) is 9.59 Å². The number of Topliss-reactive ketones (excluding diaryl/α,β-unsaturated/α-hetero) is 2. The SMILES string of the molecule is CC1COC2c3ccc4c(c3C(=O)C(=O)C12)CCCC4(C)C. The number of fused-ring (bicyclic) bond motifs is 5. The van der Waals surface area contributed by atoms with Gasteiger partial charge in [0, 0.05) is 5.56 Å². The summed E-state index contributed by atoms with van der Waals surface area (Å²) in [5.74, 6) is -0.667. The van der Waals surface area contributed by atoms with Crippen molar-refractivity contribution in [2.45, 2.75) is 51.6 Å². The second-order valence-electron chi connectivity index (χ2n) is 7.74. The first-order chi connectivity index (χ1) is 10.4. The van der Waals surface area contributed by atoms with E-state index in [1.165, 1.54) is 5.56 Å². The summed E-state index contributed by atoms with van der Waals surface area (Å²) in [6.07, 6.45) is 2.88. The van der Waals surface area contributed by atoms with Crippen LogP contribution in [-0.2, 0) is 21.4 Å². The number of hydrogen-bond acceptors (Lipinski definition) is 3. The summed E-state index contributed by atoms with van der Waals surface area (Å²) in [4.78, 5) is 25.4. The van der Waals surface area contributed by atoms with Crippen LogP contribution in [0.2, 0.25) is 0 Å². The first kappa shape index (κ1) is 14.1. The van der Waals surface area contributed by atoms with Crippen LogP contribution in [0.25, 0.3) is 0 Å². The van der Waals surface area contributed by atoms with Gasteiger partial charge in [0.15, 0.2) is 0 Å². The largest absolute Gasteiger partial charge is 0.372 e. The molecule has 22 heavy (non-hydrogen) atoms. The van der Waals surface area contributed by atoms with E-state index in [1.54, 1.807) is 0 Å². The fraction of sp³-hybridized carbons (Fsp3) is 0.579. The molecule has 0 aromatic heterocycles. The molecule has 4 rings (SSSR count). The zero-order chi connectivity index (χ0) is 15.6. The van der Waals surface area contributed by atoms with E-state index in [-0.39, 0.29) is 34.9 Å². The van der Waals surface area contributed by atoms with Crippen molar-refractivity contribution in [3.63, 3.8) is 0 Å². The topological polar surface area (TPSA) is 43.4 Å². The number of hydrogen-bond donors (Lipinski definition) is 0. The molecule has 3 heteroatoms. The van der Waals surface area contributed by atoms with Gasteiger partial charge in [-0.05, 0) is 47.3 Å². The highest BCUT2D eigenvalue weighted by Crippen LogP contribution is 2.48. The summed E-state index contributed by atoms with van der Waals surface area (Å²) < 4.78 is 5.88. The Balaban J connectivity index is 1.95. The Morgan fingerprint density at radius 2 is 2.00 bits per heavy atom. The van der Waals surface area contributed by atoms with Gasteiger partial charge in [-0.15, -0.1) is 0 Å². The first-order valence-electron chi connectivity index (χ1n) is 8.28. The number of carbonyl (C=O) groups excluding carboxylic acids is 2. The van der Waals surface area contributed by atoms with Crippen molar-refractivity contribution < 1.29 is 14.3 Å². The number of rotatable bonds is 0. The van der Waals surface area contributed by atoms with Crippen LogP contribution >= 0.6 is 0 Å². The average molecular weight is 298 g/mol. The quantitative estimate of drug-likeness (QED) is 0.690. The molecule has 2 aliphatic carbocycles. The molecule has 0 amide bonds. The molecule has 0 N–H and O–H groups in total. The van der Waals surface area contributed by atoms with Gasteiger partial charge in [0.1, 0.15) is 0 Å². The van der Waals surface area contributed by atoms with Gasteiger partial charge in [-0.1, -0.05) is 32.9 Å². The zero-order valence-corrected chi connectivity index (χ0v) is 13.4. The predicted octanol–water partition coefficient (Wildman–Crippen LogP) is 3.39. The monoisotopic (exact) mass is 298 g/mol. The highest BCUT2D eigenvalue weighted by molar-refractivity contribution is 6.46. The van der Waals surface area contributed by atoms with Gasteiger partial charge >= 0.3 is 0 Å². The Morgan fingerprint density at radius 3 is 2.77 bits per heavy atom. The second-order valence-corrected chi connectivity index (χ2v) is 7.74. The molecule has 0 bridgehead atoms. The van der Waals surface area contributed by atoms with E-state index in [0.717, 1.165) is 30.4 Å². The van der Waals surface area contributed by atoms with Crippen molar-refractivity contribution >= 4 is 11.6 Å². The number of ketones is 2. The van der Waals surface area contributed by atoms with Gasteiger partial charge in [0.25, 0.3) is 0 Å². The lowest BCUT2D eigenvalue weighted by Gasteiger charge is -2.36. The van der Waals surface area contributed by atoms with Crippen molar-refractivity contribution in [2.75, 3.05) is 6.61 Å². The van der Waals surface area contributed by atoms with Crippen LogP contribution in [0.3, 0.4) is 0 Å². The summed E-state index contributed by atoms with van der Waals surface area (Å²) in [6.45, 7) is 7.02. The lowest BCUT2D eigenvalue weighted by Crippen LogP contribution is -2.38. The molecule has 1 aromatic carbocycles. The van der Waals surface area contributed by atoms with Gasteiger partial charge in [-0.25, -0.2) is 0 Å². The van der Waals surface area contributed by atoms with Crippen LogP contribution in [0.5, 0.6) is 0 Å². The van der Waals surface area contributed by atoms with Crippen LogP contribution < -0.4 is 0 Å². The Hall–Kier alpha value is -1.48. The minimum Gasteiger partial charge on any atom is -0.372 e. The summed E-state index contributed by atoms with van der Waals surface area (Å²) in [6, 6.07) is 4.21. The molecule has 1 aromatic rings. The molecule has 3 unspecified atom stereocenters. The highest BCUT2D eigenvalue weighted by Gasteiger charge is 2.49. The van der Waals surface area contributed by atoms with Gasteiger partial charge in [0.05, 0.1) is 18.6 Å². The molecule has 1 aliphatic heterocycles. The minimum absolute atomic E-state index is 0.0760. The summed E-state index contributed by atoms with van der Waals surface area (Å²) >= 11 is 0. The van der Waals surface area contributed by atoms with Crippen LogP contribution in [-0.4, -0.2) is 18.2 Å². The third-order valence-corrected chi connectivity index (χ3v) is 5.84. The normalized spacial score (nSPS) is 32.4. The van der Waals surface area contributed by atoms with Crippen LogP contribution in [0.1, 0.15) is 66.8 Å². The molecule has 3 nitrogen and oxygen atoms in total. The molecule has 0 saturated carbocycles.